The van der Waals surface area contributed by atoms with Crippen molar-refractivity contribution in [2.45, 2.75) is 40.3 Å². The van der Waals surface area contributed by atoms with Gasteiger partial charge in [0.2, 0.25) is 0 Å². The molecule has 0 aromatic carbocycles. The first kappa shape index (κ1) is 20.2. The monoisotopic (exact) mass is 369 g/mol. The Hall–Kier alpha value is -3.16. The zero-order valence-corrected chi connectivity index (χ0v) is 16.4. The van der Waals surface area contributed by atoms with Crippen LogP contribution in [0.5, 0.6) is 0 Å². The van der Waals surface area contributed by atoms with Crippen LogP contribution in [0.4, 0.5) is 11.4 Å². The molecule has 144 valence electrons. The number of anilines is 2. The van der Waals surface area contributed by atoms with Gasteiger partial charge in [0.25, 0.3) is 0 Å². The quantitative estimate of drug-likeness (QED) is 0.322. The van der Waals surface area contributed by atoms with Crippen LogP contribution < -0.4 is 16.4 Å². The molecule has 0 aliphatic carbocycles. The van der Waals surface area contributed by atoms with Gasteiger partial charge in [-0.15, -0.1) is 0 Å². The smallest absolute Gasteiger partial charge is 0.153 e. The van der Waals surface area contributed by atoms with Crippen molar-refractivity contribution < 1.29 is 4.79 Å². The average Bonchev–Trinajstić information content (AvgIpc) is 2.99. The van der Waals surface area contributed by atoms with E-state index in [1.54, 1.807) is 30.8 Å². The number of aromatic nitrogens is 3. The molecule has 2 aromatic rings. The van der Waals surface area contributed by atoms with Crippen molar-refractivity contribution >= 4 is 28.9 Å². The van der Waals surface area contributed by atoms with Gasteiger partial charge in [0.1, 0.15) is 5.69 Å². The van der Waals surface area contributed by atoms with Crippen molar-refractivity contribution in [1.29, 1.82) is 5.41 Å². The lowest BCUT2D eigenvalue weighted by Gasteiger charge is -2.20. The van der Waals surface area contributed by atoms with Gasteiger partial charge >= 0.3 is 0 Å². The summed E-state index contributed by atoms with van der Waals surface area (Å²) in [5, 5.41) is 19.0. The number of hydrogen-bond donors (Lipinski definition) is 4. The molecule has 0 saturated carbocycles. The zero-order chi connectivity index (χ0) is 20.1. The van der Waals surface area contributed by atoms with E-state index in [1.165, 1.54) is 0 Å². The first-order chi connectivity index (χ1) is 12.7. The van der Waals surface area contributed by atoms with Crippen molar-refractivity contribution in [1.82, 2.24) is 14.8 Å². The van der Waals surface area contributed by atoms with E-state index in [9.17, 15) is 4.79 Å². The SMILES string of the molecule is CC(=N)c1nc(/C(C=O)=C(/C)N)cc(NCc2cnn(C)c2)c1NC(C)C. The fourth-order valence-corrected chi connectivity index (χ4v) is 2.64. The summed E-state index contributed by atoms with van der Waals surface area (Å²) < 4.78 is 1.74. The highest BCUT2D eigenvalue weighted by Gasteiger charge is 2.18. The molecule has 0 aliphatic rings. The maximum absolute atomic E-state index is 11.5. The second kappa shape index (κ2) is 8.48. The van der Waals surface area contributed by atoms with Crippen LogP contribution in [-0.2, 0) is 18.4 Å². The molecule has 0 unspecified atom stereocenters. The molecule has 2 rings (SSSR count). The van der Waals surface area contributed by atoms with Crippen LogP contribution in [0.2, 0.25) is 0 Å². The number of carbonyl (C=O) groups excluding carboxylic acids is 1. The molecule has 0 saturated heterocycles. The highest BCUT2D eigenvalue weighted by molar-refractivity contribution is 6.09. The Balaban J connectivity index is 2.57. The van der Waals surface area contributed by atoms with Crippen LogP contribution in [0.1, 0.15) is 44.6 Å². The number of hydrogen-bond acceptors (Lipinski definition) is 7. The number of nitrogens with two attached hydrogens (primary N) is 1. The van der Waals surface area contributed by atoms with Crippen LogP contribution in [0.25, 0.3) is 5.57 Å². The summed E-state index contributed by atoms with van der Waals surface area (Å²) in [7, 11) is 1.86. The van der Waals surface area contributed by atoms with Gasteiger partial charge in [0.05, 0.1) is 34.6 Å². The predicted octanol–water partition coefficient (Wildman–Crippen LogP) is 2.52. The second-order valence-corrected chi connectivity index (χ2v) is 6.79. The van der Waals surface area contributed by atoms with Gasteiger partial charge < -0.3 is 21.8 Å². The van der Waals surface area contributed by atoms with Crippen LogP contribution in [0.15, 0.2) is 24.2 Å². The minimum atomic E-state index is 0.145. The number of rotatable bonds is 8. The van der Waals surface area contributed by atoms with Crippen LogP contribution in [0.3, 0.4) is 0 Å². The van der Waals surface area contributed by atoms with Crippen LogP contribution in [-0.4, -0.2) is 32.8 Å². The van der Waals surface area contributed by atoms with E-state index in [0.717, 1.165) is 16.9 Å². The molecule has 27 heavy (non-hydrogen) atoms. The standard InChI is InChI=1S/C19H27N7O/c1-11(2)24-19-17(22-7-14-8-23-26(5)9-14)6-16(15(10-27)12(3)20)25-18(19)13(4)21/h6,8-11,21,24H,7,20H2,1-5H3,(H,22,25)/b15-12-,21-13?. The maximum atomic E-state index is 11.5. The molecule has 0 fully saturated rings. The minimum Gasteiger partial charge on any atom is -0.402 e. The summed E-state index contributed by atoms with van der Waals surface area (Å²) in [6.45, 7) is 7.90. The number of nitrogens with one attached hydrogen (secondary N) is 3. The van der Waals surface area contributed by atoms with Crippen molar-refractivity contribution in [3.63, 3.8) is 0 Å². The van der Waals surface area contributed by atoms with E-state index < -0.39 is 0 Å². The van der Waals surface area contributed by atoms with Crippen molar-refractivity contribution in [2.24, 2.45) is 12.8 Å². The number of allylic oxidation sites excluding steroid dienone is 2. The Morgan fingerprint density at radius 1 is 1.41 bits per heavy atom. The molecule has 0 radical (unpaired) electrons. The van der Waals surface area contributed by atoms with Crippen molar-refractivity contribution in [3.05, 3.63) is 41.1 Å². The summed E-state index contributed by atoms with van der Waals surface area (Å²) in [5.74, 6) is 0. The van der Waals surface area contributed by atoms with Crippen molar-refractivity contribution in [2.75, 3.05) is 10.6 Å². The number of aldehydes is 1. The predicted molar refractivity (Wildman–Crippen MR) is 109 cm³/mol. The van der Waals surface area contributed by atoms with E-state index in [1.807, 2.05) is 27.1 Å². The minimum absolute atomic E-state index is 0.145. The summed E-state index contributed by atoms with van der Waals surface area (Å²) in [5.41, 5.74) is 10.3. The molecular weight excluding hydrogens is 342 g/mol. The fourth-order valence-electron chi connectivity index (χ4n) is 2.64. The van der Waals surface area contributed by atoms with Gasteiger partial charge in [0.15, 0.2) is 6.29 Å². The normalized spacial score (nSPS) is 11.9. The van der Waals surface area contributed by atoms with Crippen molar-refractivity contribution in [3.8, 4) is 0 Å². The van der Waals surface area contributed by atoms with E-state index in [0.29, 0.717) is 41.2 Å². The summed E-state index contributed by atoms with van der Waals surface area (Å²) in [6, 6.07) is 1.93. The van der Waals surface area contributed by atoms with E-state index in [4.69, 9.17) is 11.1 Å². The lowest BCUT2D eigenvalue weighted by atomic mass is 10.1. The average molecular weight is 369 g/mol. The van der Waals surface area contributed by atoms with Gasteiger partial charge in [0, 0.05) is 37.1 Å². The molecule has 0 spiro atoms. The summed E-state index contributed by atoms with van der Waals surface area (Å²) >= 11 is 0. The Labute approximate surface area is 159 Å². The fraction of sp³-hybridized carbons (Fsp3) is 0.368. The summed E-state index contributed by atoms with van der Waals surface area (Å²) in [6.07, 6.45) is 4.41. The molecule has 0 bridgehead atoms. The first-order valence-electron chi connectivity index (χ1n) is 8.73. The molecule has 0 aliphatic heterocycles. The third-order valence-corrected chi connectivity index (χ3v) is 3.87. The van der Waals surface area contributed by atoms with Gasteiger partial charge in [-0.1, -0.05) is 0 Å². The highest BCUT2D eigenvalue weighted by Crippen LogP contribution is 2.30. The molecule has 2 aromatic heterocycles. The number of aryl methyl sites for hydroxylation is 1. The molecule has 0 atom stereocenters. The number of pyridine rings is 1. The number of carbonyl (C=O) groups is 1. The van der Waals surface area contributed by atoms with Crippen LogP contribution >= 0.6 is 0 Å². The lowest BCUT2D eigenvalue weighted by Crippen LogP contribution is -2.18. The summed E-state index contributed by atoms with van der Waals surface area (Å²) in [4.78, 5) is 16.0. The third kappa shape index (κ3) is 4.93. The Bertz CT molecular complexity index is 876. The molecule has 2 heterocycles. The zero-order valence-electron chi connectivity index (χ0n) is 16.4. The Morgan fingerprint density at radius 3 is 2.59 bits per heavy atom. The Kier molecular flexibility index (Phi) is 6.33. The van der Waals surface area contributed by atoms with Gasteiger partial charge in [-0.3, -0.25) is 9.48 Å². The molecule has 5 N–H and O–H groups in total. The molecule has 8 heteroatoms. The second-order valence-electron chi connectivity index (χ2n) is 6.79. The molecule has 0 amide bonds. The van der Waals surface area contributed by atoms with E-state index >= 15 is 0 Å². The molecule has 8 nitrogen and oxygen atoms in total. The number of nitrogens with zero attached hydrogens (tertiary/aromatic N) is 3. The highest BCUT2D eigenvalue weighted by atomic mass is 16.1. The molecular formula is C19H27N7O. The Morgan fingerprint density at radius 2 is 2.11 bits per heavy atom. The first-order valence-corrected chi connectivity index (χ1v) is 8.73. The maximum Gasteiger partial charge on any atom is 0.153 e. The van der Waals surface area contributed by atoms with E-state index in [2.05, 4.69) is 20.7 Å². The van der Waals surface area contributed by atoms with Gasteiger partial charge in [-0.05, 0) is 33.8 Å². The third-order valence-electron chi connectivity index (χ3n) is 3.87. The lowest BCUT2D eigenvalue weighted by molar-refractivity contribution is -0.103. The van der Waals surface area contributed by atoms with Crippen LogP contribution in [0, 0.1) is 5.41 Å². The van der Waals surface area contributed by atoms with Gasteiger partial charge in [-0.25, -0.2) is 4.98 Å². The van der Waals surface area contributed by atoms with Gasteiger partial charge in [-0.2, -0.15) is 5.10 Å². The van der Waals surface area contributed by atoms with E-state index in [-0.39, 0.29) is 6.04 Å². The topological polar surface area (TPSA) is 122 Å². The largest absolute Gasteiger partial charge is 0.402 e.